The van der Waals surface area contributed by atoms with Crippen molar-refractivity contribution in [1.29, 1.82) is 0 Å². The number of para-hydroxylation sites is 1. The van der Waals surface area contributed by atoms with Gasteiger partial charge in [-0.25, -0.2) is 4.39 Å². The lowest BCUT2D eigenvalue weighted by Crippen LogP contribution is -2.28. The number of rotatable bonds is 2. The molecular formula is C12H17FN2. The zero-order valence-electron chi connectivity index (χ0n) is 9.04. The van der Waals surface area contributed by atoms with Gasteiger partial charge in [0.05, 0.1) is 5.69 Å². The molecule has 15 heavy (non-hydrogen) atoms. The minimum absolute atomic E-state index is 0.147. The average molecular weight is 208 g/mol. The predicted octanol–water partition coefficient (Wildman–Crippen LogP) is 2.27. The van der Waals surface area contributed by atoms with E-state index in [1.165, 1.54) is 6.07 Å². The van der Waals surface area contributed by atoms with Crippen LogP contribution in [0.3, 0.4) is 0 Å². The van der Waals surface area contributed by atoms with Crippen LogP contribution in [0.5, 0.6) is 0 Å². The van der Waals surface area contributed by atoms with E-state index >= 15 is 0 Å². The lowest BCUT2D eigenvalue weighted by Gasteiger charge is -2.26. The second kappa shape index (κ2) is 4.19. The van der Waals surface area contributed by atoms with Gasteiger partial charge in [0.15, 0.2) is 0 Å². The smallest absolute Gasteiger partial charge is 0.146 e. The summed E-state index contributed by atoms with van der Waals surface area (Å²) >= 11 is 0. The Morgan fingerprint density at radius 2 is 2.33 bits per heavy atom. The van der Waals surface area contributed by atoms with Gasteiger partial charge in [0.1, 0.15) is 5.82 Å². The zero-order chi connectivity index (χ0) is 10.8. The lowest BCUT2D eigenvalue weighted by molar-refractivity contribution is 0.610. The van der Waals surface area contributed by atoms with E-state index in [0.29, 0.717) is 18.3 Å². The minimum Gasteiger partial charge on any atom is -0.366 e. The number of hydrogen-bond acceptors (Lipinski definition) is 2. The molecule has 1 aromatic carbocycles. The van der Waals surface area contributed by atoms with E-state index in [9.17, 15) is 4.39 Å². The molecule has 82 valence electrons. The molecule has 0 spiro atoms. The van der Waals surface area contributed by atoms with Crippen LogP contribution >= 0.6 is 0 Å². The predicted molar refractivity (Wildman–Crippen MR) is 60.3 cm³/mol. The van der Waals surface area contributed by atoms with Crippen LogP contribution in [0.2, 0.25) is 0 Å². The van der Waals surface area contributed by atoms with Gasteiger partial charge in [0, 0.05) is 19.1 Å². The van der Waals surface area contributed by atoms with E-state index in [2.05, 4.69) is 11.8 Å². The van der Waals surface area contributed by atoms with Crippen molar-refractivity contribution in [3.8, 4) is 0 Å². The van der Waals surface area contributed by atoms with Crippen molar-refractivity contribution in [2.24, 2.45) is 5.73 Å². The van der Waals surface area contributed by atoms with Gasteiger partial charge in [-0.05, 0) is 31.4 Å². The second-order valence-corrected chi connectivity index (χ2v) is 4.14. The van der Waals surface area contributed by atoms with Gasteiger partial charge >= 0.3 is 0 Å². The summed E-state index contributed by atoms with van der Waals surface area (Å²) in [4.78, 5) is 2.14. The Kier molecular flexibility index (Phi) is 2.91. The molecule has 3 heteroatoms. The van der Waals surface area contributed by atoms with Gasteiger partial charge in [0.2, 0.25) is 0 Å². The topological polar surface area (TPSA) is 29.3 Å². The maximum absolute atomic E-state index is 13.8. The van der Waals surface area contributed by atoms with E-state index in [1.54, 1.807) is 6.07 Å². The van der Waals surface area contributed by atoms with Crippen molar-refractivity contribution < 1.29 is 4.39 Å². The Bertz CT molecular complexity index is 351. The first-order valence-corrected chi connectivity index (χ1v) is 5.48. The van der Waals surface area contributed by atoms with Crippen LogP contribution in [0.15, 0.2) is 18.2 Å². The highest BCUT2D eigenvalue weighted by atomic mass is 19.1. The van der Waals surface area contributed by atoms with Crippen molar-refractivity contribution in [1.82, 2.24) is 0 Å². The first-order valence-electron chi connectivity index (χ1n) is 5.48. The standard InChI is InChI=1S/C12H17FN2/c1-9-4-3-7-15(9)12-10(8-14)5-2-6-11(12)13/h2,5-6,9H,3-4,7-8,14H2,1H3. The Hall–Kier alpha value is -1.09. The van der Waals surface area contributed by atoms with Crippen LogP contribution in [0.4, 0.5) is 10.1 Å². The molecular weight excluding hydrogens is 191 g/mol. The molecule has 1 aliphatic heterocycles. The SMILES string of the molecule is CC1CCCN1c1c(F)cccc1CN. The molecule has 1 saturated heterocycles. The highest BCUT2D eigenvalue weighted by Gasteiger charge is 2.24. The normalized spacial score (nSPS) is 21.0. The number of anilines is 1. The fourth-order valence-corrected chi connectivity index (χ4v) is 2.31. The highest BCUT2D eigenvalue weighted by molar-refractivity contribution is 5.56. The van der Waals surface area contributed by atoms with E-state index in [1.807, 2.05) is 6.07 Å². The van der Waals surface area contributed by atoms with Gasteiger partial charge in [-0.2, -0.15) is 0 Å². The summed E-state index contributed by atoms with van der Waals surface area (Å²) in [5.74, 6) is -0.147. The number of nitrogens with zero attached hydrogens (tertiary/aromatic N) is 1. The molecule has 1 atom stereocenters. The van der Waals surface area contributed by atoms with Gasteiger partial charge in [-0.3, -0.25) is 0 Å². The molecule has 0 bridgehead atoms. The summed E-state index contributed by atoms with van der Waals surface area (Å²) in [7, 11) is 0. The summed E-state index contributed by atoms with van der Waals surface area (Å²) in [5.41, 5.74) is 7.26. The van der Waals surface area contributed by atoms with Gasteiger partial charge in [0.25, 0.3) is 0 Å². The van der Waals surface area contributed by atoms with Gasteiger partial charge in [-0.1, -0.05) is 12.1 Å². The fourth-order valence-electron chi connectivity index (χ4n) is 2.31. The summed E-state index contributed by atoms with van der Waals surface area (Å²) in [5, 5.41) is 0. The van der Waals surface area contributed by atoms with E-state index < -0.39 is 0 Å². The molecule has 1 unspecified atom stereocenters. The van der Waals surface area contributed by atoms with Crippen LogP contribution in [-0.4, -0.2) is 12.6 Å². The molecule has 1 heterocycles. The second-order valence-electron chi connectivity index (χ2n) is 4.14. The summed E-state index contributed by atoms with van der Waals surface area (Å²) in [6, 6.07) is 5.57. The molecule has 1 fully saturated rings. The Balaban J connectivity index is 2.41. The number of benzene rings is 1. The summed E-state index contributed by atoms with van der Waals surface area (Å²) in [6.07, 6.45) is 2.28. The molecule has 2 rings (SSSR count). The van der Waals surface area contributed by atoms with E-state index in [-0.39, 0.29) is 5.82 Å². The Morgan fingerprint density at radius 1 is 1.53 bits per heavy atom. The molecule has 1 aliphatic rings. The Labute approximate surface area is 89.9 Å². The first-order chi connectivity index (χ1) is 7.24. The first kappa shape index (κ1) is 10.4. The van der Waals surface area contributed by atoms with Crippen LogP contribution < -0.4 is 10.6 Å². The van der Waals surface area contributed by atoms with Crippen molar-refractivity contribution in [2.75, 3.05) is 11.4 Å². The zero-order valence-corrected chi connectivity index (χ0v) is 9.04. The largest absolute Gasteiger partial charge is 0.366 e. The number of hydrogen-bond donors (Lipinski definition) is 1. The van der Waals surface area contributed by atoms with Crippen LogP contribution in [0, 0.1) is 5.82 Å². The fraction of sp³-hybridized carbons (Fsp3) is 0.500. The summed E-state index contributed by atoms with van der Waals surface area (Å²) in [6.45, 7) is 3.48. The molecule has 0 radical (unpaired) electrons. The monoisotopic (exact) mass is 208 g/mol. The highest BCUT2D eigenvalue weighted by Crippen LogP contribution is 2.30. The minimum atomic E-state index is -0.147. The number of halogens is 1. The van der Waals surface area contributed by atoms with Gasteiger partial charge < -0.3 is 10.6 Å². The van der Waals surface area contributed by atoms with Gasteiger partial charge in [-0.15, -0.1) is 0 Å². The van der Waals surface area contributed by atoms with E-state index in [4.69, 9.17) is 5.73 Å². The van der Waals surface area contributed by atoms with Crippen LogP contribution in [-0.2, 0) is 6.54 Å². The third-order valence-electron chi connectivity index (χ3n) is 3.13. The van der Waals surface area contributed by atoms with Crippen LogP contribution in [0.25, 0.3) is 0 Å². The van der Waals surface area contributed by atoms with E-state index in [0.717, 1.165) is 24.9 Å². The quantitative estimate of drug-likeness (QED) is 0.807. The maximum Gasteiger partial charge on any atom is 0.146 e. The molecule has 0 saturated carbocycles. The van der Waals surface area contributed by atoms with Crippen molar-refractivity contribution in [3.63, 3.8) is 0 Å². The molecule has 2 N–H and O–H groups in total. The third kappa shape index (κ3) is 1.84. The average Bonchev–Trinajstić information content (AvgIpc) is 2.64. The van der Waals surface area contributed by atoms with Crippen LogP contribution in [0.1, 0.15) is 25.3 Å². The lowest BCUT2D eigenvalue weighted by atomic mass is 10.1. The third-order valence-corrected chi connectivity index (χ3v) is 3.13. The van der Waals surface area contributed by atoms with Crippen molar-refractivity contribution in [3.05, 3.63) is 29.6 Å². The molecule has 1 aromatic rings. The number of nitrogens with two attached hydrogens (primary N) is 1. The molecule has 0 amide bonds. The molecule has 0 aromatic heterocycles. The van der Waals surface area contributed by atoms with Crippen molar-refractivity contribution >= 4 is 5.69 Å². The molecule has 0 aliphatic carbocycles. The maximum atomic E-state index is 13.8. The molecule has 2 nitrogen and oxygen atoms in total. The Morgan fingerprint density at radius 3 is 2.93 bits per heavy atom. The summed E-state index contributed by atoms with van der Waals surface area (Å²) < 4.78 is 13.8. The van der Waals surface area contributed by atoms with Crippen molar-refractivity contribution in [2.45, 2.75) is 32.4 Å².